The summed E-state index contributed by atoms with van der Waals surface area (Å²) in [6, 6.07) is 4.43. The van der Waals surface area contributed by atoms with E-state index in [1.165, 1.54) is 18.1 Å². The van der Waals surface area contributed by atoms with Crippen molar-refractivity contribution >= 4 is 23.2 Å². The van der Waals surface area contributed by atoms with E-state index < -0.39 is 0 Å². The van der Waals surface area contributed by atoms with Crippen molar-refractivity contribution in [3.05, 3.63) is 35.4 Å². The van der Waals surface area contributed by atoms with E-state index in [0.29, 0.717) is 22.8 Å². The minimum atomic E-state index is -0.333. The van der Waals surface area contributed by atoms with Crippen LogP contribution in [-0.4, -0.2) is 47.8 Å². The zero-order valence-electron chi connectivity index (χ0n) is 17.1. The molecule has 5 rings (SSSR count). The lowest BCUT2D eigenvalue weighted by molar-refractivity contribution is -0.132. The average molecular weight is 414 g/mol. The lowest BCUT2D eigenvalue weighted by Gasteiger charge is -2.56. The number of likely N-dealkylation sites (N-methyl/N-ethyl adjacent to an activating group) is 1. The number of likely N-dealkylation sites (tertiary alicyclic amines) is 1. The smallest absolute Gasteiger partial charge is 0.308 e. The van der Waals surface area contributed by atoms with Gasteiger partial charge in [0.1, 0.15) is 6.10 Å². The van der Waals surface area contributed by atoms with Crippen molar-refractivity contribution in [2.75, 3.05) is 13.6 Å². The summed E-state index contributed by atoms with van der Waals surface area (Å²) in [5.74, 6) is 1.27. The molecule has 6 heteroatoms. The minimum absolute atomic E-state index is 0.155. The lowest BCUT2D eigenvalue weighted by atomic mass is 9.53. The molecule has 0 amide bonds. The number of carbonyl (C=O) groups excluding carboxylic acids is 1. The van der Waals surface area contributed by atoms with Gasteiger partial charge in [-0.05, 0) is 62.8 Å². The van der Waals surface area contributed by atoms with Gasteiger partial charge in [-0.25, -0.2) is 0 Å². The number of hydrogen-bond donors (Lipinski definition) is 0. The molecule has 1 aromatic carbocycles. The third kappa shape index (κ3) is 2.68. The Hall–Kier alpha value is -1.92. The van der Waals surface area contributed by atoms with E-state index in [0.717, 1.165) is 38.0 Å². The highest BCUT2D eigenvalue weighted by molar-refractivity contribution is 7.80. The quantitative estimate of drug-likeness (QED) is 0.326. The molecule has 2 aliphatic heterocycles. The van der Waals surface area contributed by atoms with Crippen LogP contribution in [0.3, 0.4) is 0 Å². The maximum absolute atomic E-state index is 11.7. The van der Waals surface area contributed by atoms with E-state index in [1.54, 1.807) is 0 Å². The summed E-state index contributed by atoms with van der Waals surface area (Å²) in [7, 11) is 2.22. The second kappa shape index (κ2) is 6.81. The van der Waals surface area contributed by atoms with Crippen molar-refractivity contribution in [3.8, 4) is 11.5 Å². The fraction of sp³-hybridized carbons (Fsp3) is 0.565. The first kappa shape index (κ1) is 19.1. The van der Waals surface area contributed by atoms with Crippen LogP contribution in [0.5, 0.6) is 11.5 Å². The highest BCUT2D eigenvalue weighted by Gasteiger charge is 2.65. The van der Waals surface area contributed by atoms with E-state index >= 15 is 0 Å². The molecule has 5 nitrogen and oxygen atoms in total. The molecule has 0 radical (unpaired) electrons. The Labute approximate surface area is 177 Å². The van der Waals surface area contributed by atoms with Crippen molar-refractivity contribution in [3.63, 3.8) is 0 Å². The van der Waals surface area contributed by atoms with Crippen molar-refractivity contribution in [2.45, 2.75) is 63.2 Å². The molecular formula is C23H27NO4S. The Morgan fingerprint density at radius 1 is 1.38 bits per heavy atom. The van der Waals surface area contributed by atoms with Gasteiger partial charge in [0.2, 0.25) is 0 Å². The molecule has 0 saturated carbocycles. The van der Waals surface area contributed by atoms with Gasteiger partial charge in [0.25, 0.3) is 0 Å². The normalized spacial score (nSPS) is 33.6. The Kier molecular flexibility index (Phi) is 4.48. The number of benzene rings is 1. The van der Waals surface area contributed by atoms with E-state index in [9.17, 15) is 4.79 Å². The van der Waals surface area contributed by atoms with Crippen molar-refractivity contribution < 1.29 is 19.0 Å². The molecule has 4 aliphatic rings. The zero-order chi connectivity index (χ0) is 20.3. The number of esters is 1. The second-order valence-corrected chi connectivity index (χ2v) is 9.17. The van der Waals surface area contributed by atoms with Crippen LogP contribution in [-0.2, 0) is 21.4 Å². The topological polar surface area (TPSA) is 48.0 Å². The van der Waals surface area contributed by atoms with Crippen LogP contribution in [0.2, 0.25) is 0 Å². The van der Waals surface area contributed by atoms with Crippen LogP contribution in [0.15, 0.2) is 24.3 Å². The fourth-order valence-corrected chi connectivity index (χ4v) is 6.28. The molecule has 1 spiro atoms. The van der Waals surface area contributed by atoms with Gasteiger partial charge in [0.05, 0.1) is 0 Å². The van der Waals surface area contributed by atoms with Crippen LogP contribution in [0.1, 0.15) is 44.2 Å². The van der Waals surface area contributed by atoms with E-state index in [-0.39, 0.29) is 23.6 Å². The van der Waals surface area contributed by atoms with Crippen LogP contribution < -0.4 is 9.47 Å². The standard InChI is InChI=1S/C23H27NO4S/c1-4-5-19(29)27-18-9-7-15-16-12-14-6-8-17(26-13(2)25)21-20(14)23(15,22(18)28-21)10-11-24(16)3/h6-9,15-16,18,22H,4-5,10-12H2,1-3H3/t15-,16+,18-,22-,23-/m0/s1. The van der Waals surface area contributed by atoms with Gasteiger partial charge in [-0.3, -0.25) is 4.79 Å². The third-order valence-corrected chi connectivity index (χ3v) is 7.39. The zero-order valence-corrected chi connectivity index (χ0v) is 18.0. The summed E-state index contributed by atoms with van der Waals surface area (Å²) in [6.45, 7) is 4.54. The van der Waals surface area contributed by atoms with Crippen molar-refractivity contribution in [1.82, 2.24) is 4.90 Å². The molecule has 0 N–H and O–H groups in total. The average Bonchev–Trinajstić information content (AvgIpc) is 3.02. The van der Waals surface area contributed by atoms with Gasteiger partial charge < -0.3 is 19.1 Å². The second-order valence-electron chi connectivity index (χ2n) is 8.72. The summed E-state index contributed by atoms with van der Waals surface area (Å²) >= 11 is 5.47. The van der Waals surface area contributed by atoms with E-state index in [4.69, 9.17) is 26.4 Å². The molecule has 2 bridgehead atoms. The van der Waals surface area contributed by atoms with Gasteiger partial charge in [-0.1, -0.05) is 19.1 Å². The molecule has 2 heterocycles. The number of ether oxygens (including phenoxy) is 3. The minimum Gasteiger partial charge on any atom is -0.481 e. The van der Waals surface area contributed by atoms with E-state index in [1.807, 2.05) is 6.07 Å². The number of carbonyl (C=O) groups is 1. The largest absolute Gasteiger partial charge is 0.481 e. The van der Waals surface area contributed by atoms with Crippen LogP contribution >= 0.6 is 12.2 Å². The summed E-state index contributed by atoms with van der Waals surface area (Å²) in [5.41, 5.74) is 2.38. The maximum Gasteiger partial charge on any atom is 0.308 e. The van der Waals surface area contributed by atoms with Crippen LogP contribution in [0.25, 0.3) is 0 Å². The molecule has 2 aliphatic carbocycles. The first-order chi connectivity index (χ1) is 14.0. The molecule has 1 saturated heterocycles. The molecule has 5 atom stereocenters. The summed E-state index contributed by atoms with van der Waals surface area (Å²) in [4.78, 5) is 14.2. The van der Waals surface area contributed by atoms with Crippen molar-refractivity contribution in [2.24, 2.45) is 5.92 Å². The Bertz CT molecular complexity index is 912. The lowest BCUT2D eigenvalue weighted by Crippen LogP contribution is -2.65. The maximum atomic E-state index is 11.7. The van der Waals surface area contributed by atoms with Crippen LogP contribution in [0, 0.1) is 5.92 Å². The van der Waals surface area contributed by atoms with Gasteiger partial charge >= 0.3 is 5.97 Å². The van der Waals surface area contributed by atoms with Gasteiger partial charge in [-0.2, -0.15) is 0 Å². The predicted octanol–water partition coefficient (Wildman–Crippen LogP) is 3.57. The number of thiocarbonyl (C=S) groups is 1. The van der Waals surface area contributed by atoms with Crippen LogP contribution in [0.4, 0.5) is 0 Å². The molecule has 1 fully saturated rings. The molecule has 0 aromatic heterocycles. The van der Waals surface area contributed by atoms with Gasteiger partial charge in [0.15, 0.2) is 22.7 Å². The SMILES string of the molecule is CCCC(=S)O[C@H]1C=C[C@H]2[C@H]3Cc4ccc(OC(C)=O)c5c4[C@@]2(CCN3C)[C@H]1O5. The van der Waals surface area contributed by atoms with Crippen molar-refractivity contribution in [1.29, 1.82) is 0 Å². The number of nitrogens with zero attached hydrogens (tertiary/aromatic N) is 1. The Balaban J connectivity index is 1.64. The summed E-state index contributed by atoms with van der Waals surface area (Å²) < 4.78 is 18.4. The number of piperidine rings is 1. The Morgan fingerprint density at radius 2 is 2.21 bits per heavy atom. The predicted molar refractivity (Wildman–Crippen MR) is 114 cm³/mol. The van der Waals surface area contributed by atoms with Gasteiger partial charge in [-0.15, -0.1) is 0 Å². The third-order valence-electron chi connectivity index (χ3n) is 7.09. The summed E-state index contributed by atoms with van der Waals surface area (Å²) in [6.07, 6.45) is 7.79. The number of hydrogen-bond acceptors (Lipinski definition) is 6. The number of rotatable bonds is 4. The van der Waals surface area contributed by atoms with E-state index in [2.05, 4.69) is 37.1 Å². The Morgan fingerprint density at radius 3 is 2.97 bits per heavy atom. The molecule has 1 aromatic rings. The molecular weight excluding hydrogens is 386 g/mol. The first-order valence-corrected chi connectivity index (χ1v) is 11.0. The highest BCUT2D eigenvalue weighted by Crippen LogP contribution is 2.62. The molecule has 0 unspecified atom stereocenters. The highest BCUT2D eigenvalue weighted by atomic mass is 32.1. The molecule has 29 heavy (non-hydrogen) atoms. The first-order valence-electron chi connectivity index (χ1n) is 10.5. The monoisotopic (exact) mass is 413 g/mol. The van der Waals surface area contributed by atoms with Gasteiger partial charge in [0, 0.05) is 36.3 Å². The fourth-order valence-electron chi connectivity index (χ4n) is 5.96. The summed E-state index contributed by atoms with van der Waals surface area (Å²) in [5, 5.41) is 0.636. The molecule has 154 valence electrons.